The van der Waals surface area contributed by atoms with E-state index >= 15 is 0 Å². The molecule has 3 aromatic rings. The number of likely N-dealkylation sites (tertiary alicyclic amines) is 1. The number of para-hydroxylation sites is 1. The second kappa shape index (κ2) is 7.75. The fourth-order valence-corrected chi connectivity index (χ4v) is 3.65. The van der Waals surface area contributed by atoms with E-state index in [0.29, 0.717) is 5.92 Å². The number of rotatable bonds is 3. The Morgan fingerprint density at radius 1 is 1.04 bits per heavy atom. The molecule has 1 saturated heterocycles. The van der Waals surface area contributed by atoms with Crippen molar-refractivity contribution in [1.29, 1.82) is 0 Å². The van der Waals surface area contributed by atoms with Gasteiger partial charge in [0.25, 0.3) is 5.91 Å². The van der Waals surface area contributed by atoms with E-state index in [0.717, 1.165) is 47.2 Å². The summed E-state index contributed by atoms with van der Waals surface area (Å²) < 4.78 is 0. The van der Waals surface area contributed by atoms with Gasteiger partial charge in [0.1, 0.15) is 0 Å². The molecule has 1 unspecified atom stereocenters. The quantitative estimate of drug-likeness (QED) is 0.640. The summed E-state index contributed by atoms with van der Waals surface area (Å²) in [7, 11) is 0. The molecule has 2 aromatic carbocycles. The summed E-state index contributed by atoms with van der Waals surface area (Å²) >= 11 is 0. The number of carbonyl (C=O) groups is 1. The number of hydrogen-bond acceptors (Lipinski definition) is 2. The van der Waals surface area contributed by atoms with Crippen LogP contribution in [0.15, 0.2) is 60.7 Å². The van der Waals surface area contributed by atoms with Gasteiger partial charge in [0.15, 0.2) is 0 Å². The van der Waals surface area contributed by atoms with Gasteiger partial charge < -0.3 is 4.90 Å². The second-order valence-electron chi connectivity index (χ2n) is 7.38. The molecule has 4 rings (SSSR count). The first-order valence-electron chi connectivity index (χ1n) is 9.62. The van der Waals surface area contributed by atoms with Crippen LogP contribution in [-0.4, -0.2) is 28.9 Å². The van der Waals surface area contributed by atoms with E-state index in [9.17, 15) is 4.79 Å². The molecule has 1 fully saturated rings. The van der Waals surface area contributed by atoms with Crippen molar-refractivity contribution in [3.63, 3.8) is 0 Å². The zero-order chi connectivity index (χ0) is 18.6. The van der Waals surface area contributed by atoms with Gasteiger partial charge in [-0.05, 0) is 54.7 Å². The number of nitrogens with zero attached hydrogens (tertiary/aromatic N) is 2. The van der Waals surface area contributed by atoms with Gasteiger partial charge in [0.05, 0.1) is 11.2 Å². The Morgan fingerprint density at radius 2 is 1.85 bits per heavy atom. The number of carbonyl (C=O) groups excluding carboxylic acids is 1. The molecule has 0 spiro atoms. The number of piperidine rings is 1. The molecule has 1 aliphatic heterocycles. The Labute approximate surface area is 160 Å². The molecule has 2 heterocycles. The van der Waals surface area contributed by atoms with E-state index in [4.69, 9.17) is 0 Å². The first-order valence-corrected chi connectivity index (χ1v) is 9.62. The van der Waals surface area contributed by atoms with Gasteiger partial charge >= 0.3 is 0 Å². The molecule has 1 amide bonds. The van der Waals surface area contributed by atoms with Crippen molar-refractivity contribution >= 4 is 29.0 Å². The summed E-state index contributed by atoms with van der Waals surface area (Å²) in [6.07, 6.45) is 6.37. The highest BCUT2D eigenvalue weighted by Crippen LogP contribution is 2.19. The summed E-state index contributed by atoms with van der Waals surface area (Å²) in [4.78, 5) is 19.3. The van der Waals surface area contributed by atoms with E-state index in [-0.39, 0.29) is 5.91 Å². The summed E-state index contributed by atoms with van der Waals surface area (Å²) in [6.45, 7) is 3.96. The number of aromatic nitrogens is 1. The number of pyridine rings is 1. The van der Waals surface area contributed by atoms with Gasteiger partial charge in [-0.2, -0.15) is 0 Å². The summed E-state index contributed by atoms with van der Waals surface area (Å²) in [5.74, 6) is 0.743. The van der Waals surface area contributed by atoms with E-state index in [1.165, 1.54) is 6.42 Å². The molecule has 3 nitrogen and oxygen atoms in total. The zero-order valence-corrected chi connectivity index (χ0v) is 15.6. The van der Waals surface area contributed by atoms with Crippen LogP contribution in [0, 0.1) is 5.92 Å². The Bertz CT molecular complexity index is 975. The molecule has 0 bridgehead atoms. The minimum Gasteiger partial charge on any atom is -0.338 e. The molecule has 3 heteroatoms. The Balaban J connectivity index is 1.46. The molecule has 0 aliphatic carbocycles. The molecule has 0 N–H and O–H groups in total. The molecular formula is C24H24N2O. The van der Waals surface area contributed by atoms with Gasteiger partial charge in [0.2, 0.25) is 0 Å². The monoisotopic (exact) mass is 356 g/mol. The van der Waals surface area contributed by atoms with Gasteiger partial charge in [-0.25, -0.2) is 4.98 Å². The van der Waals surface area contributed by atoms with Crippen molar-refractivity contribution in [1.82, 2.24) is 9.88 Å². The first-order chi connectivity index (χ1) is 13.2. The SMILES string of the molecule is CC1CCCN(C(=O)c2ccc(C=Cc3ccc4ccccc4n3)cc2)C1. The van der Waals surface area contributed by atoms with Crippen molar-refractivity contribution < 1.29 is 4.79 Å². The van der Waals surface area contributed by atoms with Gasteiger partial charge in [-0.1, -0.05) is 49.4 Å². The van der Waals surface area contributed by atoms with Crippen molar-refractivity contribution in [2.45, 2.75) is 19.8 Å². The third-order valence-electron chi connectivity index (χ3n) is 5.17. The maximum Gasteiger partial charge on any atom is 0.253 e. The van der Waals surface area contributed by atoms with Crippen LogP contribution in [0.1, 0.15) is 41.4 Å². The van der Waals surface area contributed by atoms with Crippen molar-refractivity contribution in [2.75, 3.05) is 13.1 Å². The molecule has 0 radical (unpaired) electrons. The number of hydrogen-bond donors (Lipinski definition) is 0. The second-order valence-corrected chi connectivity index (χ2v) is 7.38. The molecule has 1 aromatic heterocycles. The molecule has 1 aliphatic rings. The lowest BCUT2D eigenvalue weighted by Crippen LogP contribution is -2.39. The maximum atomic E-state index is 12.7. The van der Waals surface area contributed by atoms with Gasteiger partial charge in [-0.3, -0.25) is 4.79 Å². The van der Waals surface area contributed by atoms with Crippen LogP contribution in [0.2, 0.25) is 0 Å². The fraction of sp³-hybridized carbons (Fsp3) is 0.250. The van der Waals surface area contributed by atoms with Crippen molar-refractivity contribution in [3.8, 4) is 0 Å². The highest BCUT2D eigenvalue weighted by Gasteiger charge is 2.21. The highest BCUT2D eigenvalue weighted by molar-refractivity contribution is 5.94. The van der Waals surface area contributed by atoms with E-state index in [1.54, 1.807) is 0 Å². The Kier molecular flexibility index (Phi) is 5.01. The Morgan fingerprint density at radius 3 is 2.67 bits per heavy atom. The predicted octanol–water partition coefficient (Wildman–Crippen LogP) is 5.28. The first kappa shape index (κ1) is 17.5. The molecule has 0 saturated carbocycles. The van der Waals surface area contributed by atoms with Crippen LogP contribution >= 0.6 is 0 Å². The number of benzene rings is 2. The number of amides is 1. The lowest BCUT2D eigenvalue weighted by molar-refractivity contribution is 0.0683. The van der Waals surface area contributed by atoms with E-state index < -0.39 is 0 Å². The average Bonchev–Trinajstić information content (AvgIpc) is 2.72. The largest absolute Gasteiger partial charge is 0.338 e. The van der Waals surface area contributed by atoms with Gasteiger partial charge in [-0.15, -0.1) is 0 Å². The van der Waals surface area contributed by atoms with Crippen molar-refractivity contribution in [3.05, 3.63) is 77.5 Å². The van der Waals surface area contributed by atoms with Crippen LogP contribution < -0.4 is 0 Å². The normalized spacial score (nSPS) is 17.5. The minimum absolute atomic E-state index is 0.147. The smallest absolute Gasteiger partial charge is 0.253 e. The molecule has 1 atom stereocenters. The molecule has 136 valence electrons. The number of fused-ring (bicyclic) bond motifs is 1. The van der Waals surface area contributed by atoms with E-state index in [1.807, 2.05) is 65.6 Å². The molecular weight excluding hydrogens is 332 g/mol. The highest BCUT2D eigenvalue weighted by atomic mass is 16.2. The average molecular weight is 356 g/mol. The summed E-state index contributed by atoms with van der Waals surface area (Å²) in [5, 5.41) is 1.14. The standard InChI is InChI=1S/C24H24N2O/c1-18-5-4-16-26(17-18)24(27)21-11-8-19(9-12-21)10-14-22-15-13-20-6-2-3-7-23(20)25-22/h2-3,6-15,18H,4-5,16-17H2,1H3. The summed E-state index contributed by atoms with van der Waals surface area (Å²) in [5.41, 5.74) is 3.76. The maximum absolute atomic E-state index is 12.7. The predicted molar refractivity (Wildman–Crippen MR) is 111 cm³/mol. The topological polar surface area (TPSA) is 33.2 Å². The fourth-order valence-electron chi connectivity index (χ4n) is 3.65. The third kappa shape index (κ3) is 4.08. The lowest BCUT2D eigenvalue weighted by Gasteiger charge is -2.31. The Hall–Kier alpha value is -2.94. The third-order valence-corrected chi connectivity index (χ3v) is 5.17. The van der Waals surface area contributed by atoms with Crippen LogP contribution in [0.4, 0.5) is 0 Å². The van der Waals surface area contributed by atoms with E-state index in [2.05, 4.69) is 24.0 Å². The summed E-state index contributed by atoms with van der Waals surface area (Å²) in [6, 6.07) is 20.1. The lowest BCUT2D eigenvalue weighted by atomic mass is 9.99. The van der Waals surface area contributed by atoms with Crippen LogP contribution in [0.25, 0.3) is 23.1 Å². The van der Waals surface area contributed by atoms with Crippen LogP contribution in [0.3, 0.4) is 0 Å². The zero-order valence-electron chi connectivity index (χ0n) is 15.6. The van der Waals surface area contributed by atoms with Gasteiger partial charge in [0, 0.05) is 24.0 Å². The van der Waals surface area contributed by atoms with Crippen LogP contribution in [0.5, 0.6) is 0 Å². The molecule has 27 heavy (non-hydrogen) atoms. The van der Waals surface area contributed by atoms with Crippen molar-refractivity contribution in [2.24, 2.45) is 5.92 Å². The minimum atomic E-state index is 0.147. The van der Waals surface area contributed by atoms with Crippen LogP contribution in [-0.2, 0) is 0 Å².